The van der Waals surface area contributed by atoms with E-state index in [-0.39, 0.29) is 11.8 Å². The van der Waals surface area contributed by atoms with Gasteiger partial charge in [-0.1, -0.05) is 44.0 Å². The van der Waals surface area contributed by atoms with Gasteiger partial charge in [0.15, 0.2) is 0 Å². The van der Waals surface area contributed by atoms with Crippen molar-refractivity contribution in [2.24, 2.45) is 5.10 Å². The second-order valence-electron chi connectivity index (χ2n) is 6.91. The Balaban J connectivity index is 1.58. The van der Waals surface area contributed by atoms with Crippen molar-refractivity contribution in [2.75, 3.05) is 6.54 Å². The Labute approximate surface area is 149 Å². The van der Waals surface area contributed by atoms with E-state index in [0.29, 0.717) is 31.8 Å². The molecule has 0 radical (unpaired) electrons. The molecule has 1 saturated carbocycles. The van der Waals surface area contributed by atoms with Gasteiger partial charge in [0.2, 0.25) is 11.8 Å². The molecule has 134 valence electrons. The molecule has 2 aliphatic rings. The van der Waals surface area contributed by atoms with Crippen LogP contribution in [0.5, 0.6) is 0 Å². The van der Waals surface area contributed by atoms with Gasteiger partial charge in [0.05, 0.1) is 12.3 Å². The lowest BCUT2D eigenvalue weighted by Crippen LogP contribution is -2.37. The van der Waals surface area contributed by atoms with E-state index < -0.39 is 0 Å². The van der Waals surface area contributed by atoms with Crippen LogP contribution in [0.1, 0.15) is 63.0 Å². The minimum atomic E-state index is 0.00240. The maximum Gasteiger partial charge on any atom is 0.243 e. The van der Waals surface area contributed by atoms with Gasteiger partial charge < -0.3 is 5.32 Å². The zero-order valence-corrected chi connectivity index (χ0v) is 15.0. The zero-order chi connectivity index (χ0) is 17.6. The van der Waals surface area contributed by atoms with Crippen molar-refractivity contribution in [1.82, 2.24) is 10.3 Å². The molecular formula is C20H27N3O2. The van der Waals surface area contributed by atoms with E-state index in [1.165, 1.54) is 23.4 Å². The van der Waals surface area contributed by atoms with Crippen LogP contribution in [0, 0.1) is 0 Å². The molecule has 1 aliphatic heterocycles. The zero-order valence-electron chi connectivity index (χ0n) is 15.0. The summed E-state index contributed by atoms with van der Waals surface area (Å²) in [6.45, 7) is 2.48. The smallest absolute Gasteiger partial charge is 0.243 e. The van der Waals surface area contributed by atoms with E-state index >= 15 is 0 Å². The molecule has 0 bridgehead atoms. The van der Waals surface area contributed by atoms with Gasteiger partial charge in [-0.25, -0.2) is 5.01 Å². The van der Waals surface area contributed by atoms with E-state index in [1.807, 2.05) is 0 Å². The summed E-state index contributed by atoms with van der Waals surface area (Å²) >= 11 is 0. The van der Waals surface area contributed by atoms with Crippen LogP contribution >= 0.6 is 0 Å². The number of nitrogens with zero attached hydrogens (tertiary/aromatic N) is 2. The molecule has 1 aromatic rings. The van der Waals surface area contributed by atoms with Crippen molar-refractivity contribution >= 4 is 17.5 Å². The standard InChI is InChI=1S/C20H27N3O2/c1-2-15-7-9-16(10-8-15)18-11-12-20(25)23(22-18)14-13-19(24)21-17-5-3-4-6-17/h7-10,17H,2-6,11-14H2,1H3,(H,21,24). The summed E-state index contributed by atoms with van der Waals surface area (Å²) in [6, 6.07) is 8.67. The van der Waals surface area contributed by atoms with Crippen molar-refractivity contribution in [1.29, 1.82) is 0 Å². The largest absolute Gasteiger partial charge is 0.353 e. The van der Waals surface area contributed by atoms with Gasteiger partial charge in [0.25, 0.3) is 0 Å². The summed E-state index contributed by atoms with van der Waals surface area (Å²) in [5.74, 6) is 0.0249. The summed E-state index contributed by atoms with van der Waals surface area (Å²) in [4.78, 5) is 24.2. The van der Waals surface area contributed by atoms with Crippen molar-refractivity contribution < 1.29 is 9.59 Å². The number of rotatable bonds is 6. The summed E-state index contributed by atoms with van der Waals surface area (Å²) < 4.78 is 0. The maximum absolute atomic E-state index is 12.1. The molecule has 1 fully saturated rings. The number of amides is 2. The van der Waals surface area contributed by atoms with Crippen molar-refractivity contribution in [3.63, 3.8) is 0 Å². The average molecular weight is 341 g/mol. The van der Waals surface area contributed by atoms with E-state index in [2.05, 4.69) is 41.6 Å². The fourth-order valence-corrected chi connectivity index (χ4v) is 3.49. The fraction of sp³-hybridized carbons (Fsp3) is 0.550. The predicted molar refractivity (Wildman–Crippen MR) is 98.3 cm³/mol. The van der Waals surface area contributed by atoms with Crippen molar-refractivity contribution in [3.8, 4) is 0 Å². The Bertz CT molecular complexity index is 645. The first-order chi connectivity index (χ1) is 12.2. The van der Waals surface area contributed by atoms with E-state index in [4.69, 9.17) is 0 Å². The Morgan fingerprint density at radius 3 is 2.60 bits per heavy atom. The Kier molecular flexibility index (Phi) is 5.84. The molecule has 25 heavy (non-hydrogen) atoms. The minimum absolute atomic E-state index is 0.00240. The van der Waals surface area contributed by atoms with Crippen LogP contribution in [0.4, 0.5) is 0 Å². The van der Waals surface area contributed by atoms with Gasteiger partial charge >= 0.3 is 0 Å². The monoisotopic (exact) mass is 341 g/mol. The molecule has 1 aromatic carbocycles. The summed E-state index contributed by atoms with van der Waals surface area (Å²) in [5, 5.41) is 9.05. The molecule has 1 N–H and O–H groups in total. The van der Waals surface area contributed by atoms with Crippen LogP contribution in [0.15, 0.2) is 29.4 Å². The third-order valence-electron chi connectivity index (χ3n) is 5.07. The molecule has 0 aromatic heterocycles. The second-order valence-corrected chi connectivity index (χ2v) is 6.91. The Hall–Kier alpha value is -2.17. The summed E-state index contributed by atoms with van der Waals surface area (Å²) in [7, 11) is 0. The highest BCUT2D eigenvalue weighted by Crippen LogP contribution is 2.18. The molecule has 1 aliphatic carbocycles. The van der Waals surface area contributed by atoms with Gasteiger partial charge in [-0.3, -0.25) is 9.59 Å². The normalized spacial score (nSPS) is 18.4. The Morgan fingerprint density at radius 1 is 1.20 bits per heavy atom. The summed E-state index contributed by atoms with van der Waals surface area (Å²) in [5.41, 5.74) is 3.28. The highest BCUT2D eigenvalue weighted by atomic mass is 16.2. The van der Waals surface area contributed by atoms with Crippen molar-refractivity contribution in [2.45, 2.75) is 64.3 Å². The van der Waals surface area contributed by atoms with Crippen LogP contribution in [0.3, 0.4) is 0 Å². The molecule has 1 heterocycles. The number of aryl methyl sites for hydroxylation is 1. The quantitative estimate of drug-likeness (QED) is 0.864. The van der Waals surface area contributed by atoms with E-state index in [0.717, 1.165) is 30.5 Å². The highest BCUT2D eigenvalue weighted by molar-refractivity contribution is 6.04. The molecule has 2 amide bonds. The van der Waals surface area contributed by atoms with Gasteiger partial charge in [-0.05, 0) is 30.4 Å². The first-order valence-electron chi connectivity index (χ1n) is 9.42. The summed E-state index contributed by atoms with van der Waals surface area (Å²) in [6.07, 6.45) is 6.98. The first kappa shape index (κ1) is 17.6. The van der Waals surface area contributed by atoms with Crippen LogP contribution in [-0.4, -0.2) is 35.1 Å². The van der Waals surface area contributed by atoms with Crippen LogP contribution < -0.4 is 5.32 Å². The van der Waals surface area contributed by atoms with Crippen LogP contribution in [-0.2, 0) is 16.0 Å². The molecule has 5 nitrogen and oxygen atoms in total. The molecule has 5 heteroatoms. The molecular weight excluding hydrogens is 314 g/mol. The van der Waals surface area contributed by atoms with E-state index in [1.54, 1.807) is 0 Å². The number of nitrogens with one attached hydrogen (secondary N) is 1. The lowest BCUT2D eigenvalue weighted by Gasteiger charge is -2.24. The van der Waals surface area contributed by atoms with Gasteiger partial charge in [0, 0.05) is 25.3 Å². The molecule has 0 spiro atoms. The number of carbonyl (C=O) groups excluding carboxylic acids is 2. The Morgan fingerprint density at radius 2 is 1.92 bits per heavy atom. The van der Waals surface area contributed by atoms with Crippen LogP contribution in [0.2, 0.25) is 0 Å². The predicted octanol–water partition coefficient (Wildman–Crippen LogP) is 3.02. The van der Waals surface area contributed by atoms with Gasteiger partial charge in [-0.15, -0.1) is 0 Å². The number of benzene rings is 1. The first-order valence-corrected chi connectivity index (χ1v) is 9.42. The molecule has 0 atom stereocenters. The van der Waals surface area contributed by atoms with Gasteiger partial charge in [-0.2, -0.15) is 5.10 Å². The van der Waals surface area contributed by atoms with E-state index in [9.17, 15) is 9.59 Å². The average Bonchev–Trinajstić information content (AvgIpc) is 3.14. The van der Waals surface area contributed by atoms with Crippen LogP contribution in [0.25, 0.3) is 0 Å². The fourth-order valence-electron chi connectivity index (χ4n) is 3.49. The third-order valence-corrected chi connectivity index (χ3v) is 5.07. The lowest BCUT2D eigenvalue weighted by molar-refractivity contribution is -0.132. The maximum atomic E-state index is 12.1. The topological polar surface area (TPSA) is 61.8 Å². The van der Waals surface area contributed by atoms with Gasteiger partial charge in [0.1, 0.15) is 0 Å². The third kappa shape index (κ3) is 4.68. The second kappa shape index (κ2) is 8.28. The lowest BCUT2D eigenvalue weighted by atomic mass is 10.0. The molecule has 3 rings (SSSR count). The SMILES string of the molecule is CCc1ccc(C2=NN(CCC(=O)NC3CCCC3)C(=O)CC2)cc1. The highest BCUT2D eigenvalue weighted by Gasteiger charge is 2.23. The number of hydrogen-bond acceptors (Lipinski definition) is 3. The molecule has 0 saturated heterocycles. The minimum Gasteiger partial charge on any atom is -0.353 e. The van der Waals surface area contributed by atoms with Crippen molar-refractivity contribution in [3.05, 3.63) is 35.4 Å². The molecule has 0 unspecified atom stereocenters. The number of hydrogen-bond donors (Lipinski definition) is 1. The number of hydrazone groups is 1. The number of carbonyl (C=O) groups is 2.